The van der Waals surface area contributed by atoms with Crippen LogP contribution in [0.15, 0.2) is 53.1 Å². The second-order valence-corrected chi connectivity index (χ2v) is 5.24. The van der Waals surface area contributed by atoms with Gasteiger partial charge in [0.1, 0.15) is 5.75 Å². The molecule has 1 amide bonds. The maximum atomic E-state index is 12.2. The van der Waals surface area contributed by atoms with Crippen LogP contribution in [0, 0.1) is 6.92 Å². The van der Waals surface area contributed by atoms with Gasteiger partial charge in [-0.15, -0.1) is 0 Å². The van der Waals surface area contributed by atoms with Crippen LogP contribution in [0.5, 0.6) is 5.75 Å². The van der Waals surface area contributed by atoms with Gasteiger partial charge < -0.3 is 14.6 Å². The normalized spacial score (nSPS) is 10.4. The first-order valence-corrected chi connectivity index (χ1v) is 7.48. The molecule has 0 aliphatic heterocycles. The molecule has 122 valence electrons. The van der Waals surface area contributed by atoms with Crippen molar-refractivity contribution in [3.63, 3.8) is 0 Å². The fourth-order valence-electron chi connectivity index (χ4n) is 2.28. The van der Waals surface area contributed by atoms with Crippen LogP contribution in [0.25, 0.3) is 11.4 Å². The first-order valence-electron chi connectivity index (χ1n) is 7.48. The number of hydrogen-bond donors (Lipinski definition) is 1. The van der Waals surface area contributed by atoms with Crippen molar-refractivity contribution in [3.8, 4) is 17.1 Å². The number of nitrogens with zero attached hydrogens (tertiary/aromatic N) is 2. The minimum absolute atomic E-state index is 0.162. The monoisotopic (exact) mass is 323 g/mol. The smallest absolute Gasteiger partial charge is 0.251 e. The number of aromatic nitrogens is 2. The van der Waals surface area contributed by atoms with Gasteiger partial charge in [0.05, 0.1) is 13.7 Å². The molecule has 0 bridgehead atoms. The standard InChI is InChI=1S/C18H17N3O3/c1-12-6-3-4-9-15(12)17-20-16(24-21-17)11-19-18(22)13-7-5-8-14(10-13)23-2/h3-10H,11H2,1-2H3,(H,19,22). The Kier molecular flexibility index (Phi) is 4.56. The number of amides is 1. The number of carbonyl (C=O) groups is 1. The third-order valence-corrected chi connectivity index (χ3v) is 3.59. The molecule has 0 atom stereocenters. The van der Waals surface area contributed by atoms with Gasteiger partial charge in [-0.25, -0.2) is 0 Å². The quantitative estimate of drug-likeness (QED) is 0.781. The van der Waals surface area contributed by atoms with E-state index in [0.29, 0.717) is 23.0 Å². The minimum Gasteiger partial charge on any atom is -0.497 e. The molecule has 1 N–H and O–H groups in total. The van der Waals surface area contributed by atoms with E-state index in [1.807, 2.05) is 31.2 Å². The van der Waals surface area contributed by atoms with E-state index in [0.717, 1.165) is 11.1 Å². The van der Waals surface area contributed by atoms with E-state index in [1.165, 1.54) is 0 Å². The summed E-state index contributed by atoms with van der Waals surface area (Å²) in [7, 11) is 1.56. The van der Waals surface area contributed by atoms with Crippen molar-refractivity contribution in [2.24, 2.45) is 0 Å². The summed E-state index contributed by atoms with van der Waals surface area (Å²) in [6, 6.07) is 14.7. The summed E-state index contributed by atoms with van der Waals surface area (Å²) in [5.41, 5.74) is 2.48. The molecule has 0 saturated heterocycles. The minimum atomic E-state index is -0.232. The Bertz CT molecular complexity index is 858. The van der Waals surface area contributed by atoms with Crippen molar-refractivity contribution in [1.82, 2.24) is 15.5 Å². The van der Waals surface area contributed by atoms with Gasteiger partial charge in [-0.1, -0.05) is 35.5 Å². The molecule has 0 aliphatic carbocycles. The second-order valence-electron chi connectivity index (χ2n) is 5.24. The van der Waals surface area contributed by atoms with Gasteiger partial charge in [-0.05, 0) is 30.7 Å². The number of benzene rings is 2. The van der Waals surface area contributed by atoms with Crippen LogP contribution in [-0.2, 0) is 6.54 Å². The number of methoxy groups -OCH3 is 1. The summed E-state index contributed by atoms with van der Waals surface area (Å²) in [4.78, 5) is 16.5. The van der Waals surface area contributed by atoms with Crippen LogP contribution < -0.4 is 10.1 Å². The zero-order valence-corrected chi connectivity index (χ0v) is 13.4. The maximum absolute atomic E-state index is 12.2. The summed E-state index contributed by atoms with van der Waals surface area (Å²) < 4.78 is 10.3. The molecule has 24 heavy (non-hydrogen) atoms. The molecule has 3 aromatic rings. The first-order chi connectivity index (χ1) is 11.7. The molecular weight excluding hydrogens is 306 g/mol. The summed E-state index contributed by atoms with van der Waals surface area (Å²) in [5.74, 6) is 1.26. The van der Waals surface area contributed by atoms with E-state index in [-0.39, 0.29) is 12.5 Å². The van der Waals surface area contributed by atoms with Gasteiger partial charge >= 0.3 is 0 Å². The number of carbonyl (C=O) groups excluding carboxylic acids is 1. The van der Waals surface area contributed by atoms with E-state index >= 15 is 0 Å². The lowest BCUT2D eigenvalue weighted by Crippen LogP contribution is -2.22. The predicted molar refractivity (Wildman–Crippen MR) is 88.6 cm³/mol. The fourth-order valence-corrected chi connectivity index (χ4v) is 2.28. The molecule has 2 aromatic carbocycles. The van der Waals surface area contributed by atoms with Crippen LogP contribution in [0.4, 0.5) is 0 Å². The van der Waals surface area contributed by atoms with Crippen LogP contribution in [0.1, 0.15) is 21.8 Å². The van der Waals surface area contributed by atoms with Crippen LogP contribution >= 0.6 is 0 Å². The van der Waals surface area contributed by atoms with Crippen molar-refractivity contribution < 1.29 is 14.1 Å². The SMILES string of the molecule is COc1cccc(C(=O)NCc2nc(-c3ccccc3C)no2)c1. The van der Waals surface area contributed by atoms with Crippen molar-refractivity contribution in [2.75, 3.05) is 7.11 Å². The lowest BCUT2D eigenvalue weighted by Gasteiger charge is -2.04. The van der Waals surface area contributed by atoms with Crippen LogP contribution in [0.2, 0.25) is 0 Å². The zero-order chi connectivity index (χ0) is 16.9. The number of rotatable bonds is 5. The maximum Gasteiger partial charge on any atom is 0.251 e. The molecule has 0 fully saturated rings. The largest absolute Gasteiger partial charge is 0.497 e. The number of hydrogen-bond acceptors (Lipinski definition) is 5. The predicted octanol–water partition coefficient (Wildman–Crippen LogP) is 2.98. The molecule has 6 nitrogen and oxygen atoms in total. The van der Waals surface area contributed by atoms with Gasteiger partial charge in [0.25, 0.3) is 5.91 Å². The number of nitrogens with one attached hydrogen (secondary N) is 1. The highest BCUT2D eigenvalue weighted by atomic mass is 16.5. The van der Waals surface area contributed by atoms with Gasteiger partial charge in [-0.3, -0.25) is 4.79 Å². The van der Waals surface area contributed by atoms with Crippen molar-refractivity contribution in [3.05, 3.63) is 65.5 Å². The molecule has 0 spiro atoms. The highest BCUT2D eigenvalue weighted by molar-refractivity contribution is 5.94. The lowest BCUT2D eigenvalue weighted by molar-refractivity contribution is 0.0946. The fraction of sp³-hybridized carbons (Fsp3) is 0.167. The summed E-state index contributed by atoms with van der Waals surface area (Å²) in [6.07, 6.45) is 0. The number of ether oxygens (including phenoxy) is 1. The van der Waals surface area contributed by atoms with Crippen molar-refractivity contribution in [2.45, 2.75) is 13.5 Å². The Labute approximate surface area is 139 Å². The molecule has 0 saturated carbocycles. The molecule has 1 aromatic heterocycles. The highest BCUT2D eigenvalue weighted by Gasteiger charge is 2.12. The Morgan fingerprint density at radius 3 is 2.83 bits per heavy atom. The lowest BCUT2D eigenvalue weighted by atomic mass is 10.1. The Hall–Kier alpha value is -3.15. The third-order valence-electron chi connectivity index (χ3n) is 3.59. The Balaban J connectivity index is 1.67. The van der Waals surface area contributed by atoms with E-state index in [1.54, 1.807) is 31.4 Å². The molecule has 1 heterocycles. The van der Waals surface area contributed by atoms with Gasteiger partial charge in [0, 0.05) is 11.1 Å². The van der Waals surface area contributed by atoms with E-state index in [4.69, 9.17) is 9.26 Å². The van der Waals surface area contributed by atoms with Crippen LogP contribution in [0.3, 0.4) is 0 Å². The first kappa shape index (κ1) is 15.7. The summed E-state index contributed by atoms with van der Waals surface area (Å²) in [5, 5.41) is 6.72. The average Bonchev–Trinajstić information content (AvgIpc) is 3.09. The number of aryl methyl sites for hydroxylation is 1. The molecule has 6 heteroatoms. The summed E-state index contributed by atoms with van der Waals surface area (Å²) >= 11 is 0. The topological polar surface area (TPSA) is 77.2 Å². The van der Waals surface area contributed by atoms with E-state index in [9.17, 15) is 4.79 Å². The molecule has 0 unspecified atom stereocenters. The molecule has 0 radical (unpaired) electrons. The van der Waals surface area contributed by atoms with Gasteiger partial charge in [-0.2, -0.15) is 4.98 Å². The molecule has 3 rings (SSSR count). The second kappa shape index (κ2) is 6.95. The average molecular weight is 323 g/mol. The van der Waals surface area contributed by atoms with E-state index in [2.05, 4.69) is 15.5 Å². The summed E-state index contributed by atoms with van der Waals surface area (Å²) in [6.45, 7) is 2.14. The molecule has 0 aliphatic rings. The van der Waals surface area contributed by atoms with Gasteiger partial charge in [0.2, 0.25) is 11.7 Å². The van der Waals surface area contributed by atoms with E-state index < -0.39 is 0 Å². The third kappa shape index (κ3) is 3.43. The highest BCUT2D eigenvalue weighted by Crippen LogP contribution is 2.19. The Morgan fingerprint density at radius 1 is 1.21 bits per heavy atom. The van der Waals surface area contributed by atoms with Crippen molar-refractivity contribution >= 4 is 5.91 Å². The van der Waals surface area contributed by atoms with Gasteiger partial charge in [0.15, 0.2) is 0 Å². The zero-order valence-electron chi connectivity index (χ0n) is 13.4. The molecular formula is C18H17N3O3. The van der Waals surface area contributed by atoms with Crippen LogP contribution in [-0.4, -0.2) is 23.2 Å². The Morgan fingerprint density at radius 2 is 2.04 bits per heavy atom. The van der Waals surface area contributed by atoms with Crippen molar-refractivity contribution in [1.29, 1.82) is 0 Å².